The van der Waals surface area contributed by atoms with Gasteiger partial charge in [0.1, 0.15) is 0 Å². The van der Waals surface area contributed by atoms with E-state index in [1.807, 2.05) is 0 Å². The third-order valence-corrected chi connectivity index (χ3v) is 9.55. The molecule has 126 valence electrons. The van der Waals surface area contributed by atoms with Crippen molar-refractivity contribution in [2.24, 2.45) is 0 Å². The maximum Gasteiger partial charge on any atom is 4.00 e. The van der Waals surface area contributed by atoms with Crippen LogP contribution >= 0.6 is 0 Å². The van der Waals surface area contributed by atoms with Crippen LogP contribution in [-0.2, 0) is 26.2 Å². The standard InChI is InChI=1S/C20H26Si.2CH3.Zr/c1-21(2,19-13-11-15-7-3-5-9-17(15)19)20-14-12-16-8-4-6-10-18(16)20;;;/h11-14H,3-10H2,1-2H3;2*1H3;/q;2*-1;+4. The summed E-state index contributed by atoms with van der Waals surface area (Å²) in [4.78, 5) is 0. The van der Waals surface area contributed by atoms with E-state index in [0.717, 1.165) is 0 Å². The Morgan fingerprint density at radius 1 is 0.625 bits per heavy atom. The fraction of sp³-hybridized carbons (Fsp3) is 0.455. The van der Waals surface area contributed by atoms with E-state index in [9.17, 15) is 0 Å². The smallest absolute Gasteiger partial charge is 0.358 e. The molecule has 0 amide bonds. The van der Waals surface area contributed by atoms with Crippen molar-refractivity contribution < 1.29 is 26.2 Å². The summed E-state index contributed by atoms with van der Waals surface area (Å²) in [6.07, 6.45) is 20.7. The van der Waals surface area contributed by atoms with E-state index in [1.54, 1.807) is 34.8 Å². The Labute approximate surface area is 173 Å². The fourth-order valence-corrected chi connectivity index (χ4v) is 8.10. The first kappa shape index (κ1) is 23.1. The van der Waals surface area contributed by atoms with Crippen molar-refractivity contribution in [3.05, 3.63) is 75.3 Å². The van der Waals surface area contributed by atoms with Crippen LogP contribution in [0, 0.1) is 75.3 Å². The summed E-state index contributed by atoms with van der Waals surface area (Å²) in [5.74, 6) is 6.81. The minimum atomic E-state index is -1.51. The van der Waals surface area contributed by atoms with E-state index >= 15 is 0 Å². The molecule has 0 bridgehead atoms. The van der Waals surface area contributed by atoms with Crippen LogP contribution in [0.5, 0.6) is 0 Å². The molecule has 4 saturated carbocycles. The van der Waals surface area contributed by atoms with Gasteiger partial charge < -0.3 is 14.9 Å². The fourth-order valence-electron chi connectivity index (χ4n) is 4.73. The second-order valence-corrected chi connectivity index (χ2v) is 11.9. The predicted molar refractivity (Wildman–Crippen MR) is 104 cm³/mol. The largest absolute Gasteiger partial charge is 4.00 e. The molecule has 0 N–H and O–H groups in total. The van der Waals surface area contributed by atoms with Gasteiger partial charge in [-0.15, -0.1) is 0 Å². The van der Waals surface area contributed by atoms with Crippen LogP contribution < -0.4 is 0 Å². The average Bonchev–Trinajstić information content (AvgIpc) is 3.12. The van der Waals surface area contributed by atoms with Gasteiger partial charge in [-0.25, -0.2) is 0 Å². The van der Waals surface area contributed by atoms with Crippen molar-refractivity contribution in [3.8, 4) is 0 Å². The van der Waals surface area contributed by atoms with Gasteiger partial charge in [-0.05, 0) is 86.1 Å². The second-order valence-electron chi connectivity index (χ2n) is 7.54. The maximum atomic E-state index is 2.58. The molecule has 0 aromatic rings. The van der Waals surface area contributed by atoms with Crippen molar-refractivity contribution in [2.45, 2.75) is 64.5 Å². The molecule has 2 heteroatoms. The monoisotopic (exact) mass is 414 g/mol. The molecule has 0 nitrogen and oxygen atoms in total. The van der Waals surface area contributed by atoms with Gasteiger partial charge in [0.05, 0.1) is 8.07 Å². The molecule has 0 aliphatic heterocycles. The van der Waals surface area contributed by atoms with Crippen molar-refractivity contribution in [1.29, 1.82) is 0 Å². The van der Waals surface area contributed by atoms with E-state index in [0.29, 0.717) is 0 Å². The van der Waals surface area contributed by atoms with Gasteiger partial charge in [0.15, 0.2) is 0 Å². The Bertz CT molecular complexity index is 346. The van der Waals surface area contributed by atoms with Crippen LogP contribution in [0.3, 0.4) is 0 Å². The Kier molecular flexibility index (Phi) is 9.01. The van der Waals surface area contributed by atoms with Crippen LogP contribution in [0.1, 0.15) is 51.4 Å². The second kappa shape index (κ2) is 9.34. The molecule has 0 atom stereocenters. The first-order valence-corrected chi connectivity index (χ1v) is 11.7. The van der Waals surface area contributed by atoms with Crippen LogP contribution in [0.4, 0.5) is 0 Å². The van der Waals surface area contributed by atoms with Gasteiger partial charge in [0, 0.05) is 0 Å². The van der Waals surface area contributed by atoms with Crippen LogP contribution in [-0.4, -0.2) is 8.07 Å². The summed E-state index contributed by atoms with van der Waals surface area (Å²) in [5, 5.41) is 0. The summed E-state index contributed by atoms with van der Waals surface area (Å²) in [6.45, 7) is 5.17. The summed E-state index contributed by atoms with van der Waals surface area (Å²) in [6, 6.07) is 0. The van der Waals surface area contributed by atoms with E-state index in [-0.39, 0.29) is 41.1 Å². The molecule has 0 unspecified atom stereocenters. The van der Waals surface area contributed by atoms with Gasteiger partial charge in [-0.1, -0.05) is 38.8 Å². The first-order valence-electron chi connectivity index (χ1n) is 8.74. The Balaban J connectivity index is 0.000000960. The molecule has 4 fully saturated rings. The summed E-state index contributed by atoms with van der Waals surface area (Å²) >= 11 is 0. The SMILES string of the molecule is C[Si](C)([C]1[CH][CH][C]2CCCC[C]21)[C]1[CH][CH][C]2CCCC[C]21.[CH3-].[CH3-].[Zr+4]. The van der Waals surface area contributed by atoms with E-state index in [1.165, 1.54) is 51.4 Å². The topological polar surface area (TPSA) is 0 Å². The quantitative estimate of drug-likeness (QED) is 0.377. The first-order chi connectivity index (χ1) is 10.2. The summed E-state index contributed by atoms with van der Waals surface area (Å²) in [5.41, 5.74) is 3.49. The summed E-state index contributed by atoms with van der Waals surface area (Å²) in [7, 11) is -1.51. The molecular formula is C22H32SiZr+2. The number of hydrogen-bond donors (Lipinski definition) is 0. The van der Waals surface area contributed by atoms with Crippen LogP contribution in [0.2, 0.25) is 13.1 Å². The minimum Gasteiger partial charge on any atom is -0.358 e. The molecular weight excluding hydrogens is 384 g/mol. The molecule has 4 rings (SSSR count). The van der Waals surface area contributed by atoms with Crippen molar-refractivity contribution in [3.63, 3.8) is 0 Å². The molecule has 0 aromatic heterocycles. The molecule has 0 spiro atoms. The van der Waals surface area contributed by atoms with E-state index in [4.69, 9.17) is 0 Å². The van der Waals surface area contributed by atoms with Crippen molar-refractivity contribution >= 4 is 8.07 Å². The minimum absolute atomic E-state index is 0. The zero-order valence-electron chi connectivity index (χ0n) is 16.0. The Morgan fingerprint density at radius 2 is 1.00 bits per heavy atom. The van der Waals surface area contributed by atoms with Gasteiger partial charge in [0.2, 0.25) is 0 Å². The predicted octanol–water partition coefficient (Wildman–Crippen LogP) is 6.11. The third kappa shape index (κ3) is 4.00. The number of rotatable bonds is 2. The third-order valence-electron chi connectivity index (χ3n) is 5.92. The molecule has 4 aliphatic rings. The van der Waals surface area contributed by atoms with Gasteiger partial charge >= 0.3 is 26.2 Å². The van der Waals surface area contributed by atoms with Gasteiger partial charge in [-0.2, -0.15) is 0 Å². The van der Waals surface area contributed by atoms with E-state index < -0.39 is 8.07 Å². The molecule has 0 aromatic carbocycles. The maximum absolute atomic E-state index is 2.58. The van der Waals surface area contributed by atoms with E-state index in [2.05, 4.69) is 38.8 Å². The van der Waals surface area contributed by atoms with Crippen molar-refractivity contribution in [2.75, 3.05) is 0 Å². The number of hydrogen-bond acceptors (Lipinski definition) is 0. The Hall–Kier alpha value is 1.10. The van der Waals surface area contributed by atoms with Crippen LogP contribution in [0.15, 0.2) is 0 Å². The molecule has 10 radical (unpaired) electrons. The molecule has 0 saturated heterocycles. The average molecular weight is 416 g/mol. The molecule has 4 aliphatic carbocycles. The zero-order chi connectivity index (χ0) is 14.4. The van der Waals surface area contributed by atoms with Gasteiger partial charge in [-0.3, -0.25) is 0 Å². The normalized spacial score (nSPS) is 27.8. The molecule has 24 heavy (non-hydrogen) atoms. The number of fused-ring (bicyclic) bond motifs is 2. The summed E-state index contributed by atoms with van der Waals surface area (Å²) < 4.78 is 0. The van der Waals surface area contributed by atoms with Crippen molar-refractivity contribution in [1.82, 2.24) is 0 Å². The Morgan fingerprint density at radius 3 is 1.42 bits per heavy atom. The van der Waals surface area contributed by atoms with Gasteiger partial charge in [0.25, 0.3) is 0 Å². The van der Waals surface area contributed by atoms with Crippen LogP contribution in [0.25, 0.3) is 0 Å². The molecule has 0 heterocycles. The zero-order valence-corrected chi connectivity index (χ0v) is 19.4.